The van der Waals surface area contributed by atoms with Crippen LogP contribution >= 0.6 is 0 Å². The van der Waals surface area contributed by atoms with E-state index in [-0.39, 0.29) is 19.0 Å². The Morgan fingerprint density at radius 1 is 1.29 bits per heavy atom. The molecule has 3 rings (SSSR count). The fraction of sp³-hybridized carbons (Fsp3) is 0.364. The summed E-state index contributed by atoms with van der Waals surface area (Å²) in [5.74, 6) is -0.676. The molecule has 0 bridgehead atoms. The SMILES string of the molecule is CC(=O)NCC1CN(c2ccc(-c3ccc(CNCC(N)CF)cc3)c(F)c2)C(=O)O1. The molecule has 2 atom stereocenters. The van der Waals surface area contributed by atoms with E-state index in [2.05, 4.69) is 10.6 Å². The standard InChI is InChI=1S/C22H26F2N4O3/c1-14(29)27-12-19-13-28(22(30)31-19)18-6-7-20(21(24)8-18)16-4-2-15(3-5-16)10-26-11-17(25)9-23/h2-8,17,19,26H,9-13,25H2,1H3,(H,27,29). The number of hydrogen-bond donors (Lipinski definition) is 3. The topological polar surface area (TPSA) is 96.7 Å². The number of anilines is 1. The zero-order valence-electron chi connectivity index (χ0n) is 17.2. The van der Waals surface area contributed by atoms with Crippen LogP contribution in [0.5, 0.6) is 0 Å². The maximum absolute atomic E-state index is 14.8. The highest BCUT2D eigenvalue weighted by Gasteiger charge is 2.32. The molecule has 0 radical (unpaired) electrons. The highest BCUT2D eigenvalue weighted by molar-refractivity contribution is 5.90. The fourth-order valence-electron chi connectivity index (χ4n) is 3.26. The number of cyclic esters (lactones) is 1. The number of benzene rings is 2. The van der Waals surface area contributed by atoms with Gasteiger partial charge in [0.1, 0.15) is 18.6 Å². The van der Waals surface area contributed by atoms with Crippen molar-refractivity contribution in [2.24, 2.45) is 5.73 Å². The Morgan fingerprint density at radius 2 is 2.03 bits per heavy atom. The summed E-state index contributed by atoms with van der Waals surface area (Å²) in [6.07, 6.45) is -1.06. The lowest BCUT2D eigenvalue weighted by Gasteiger charge is -2.15. The number of alkyl halides is 1. The van der Waals surface area contributed by atoms with Crippen LogP contribution in [0.15, 0.2) is 42.5 Å². The molecule has 2 unspecified atom stereocenters. The van der Waals surface area contributed by atoms with Gasteiger partial charge in [-0.3, -0.25) is 9.69 Å². The monoisotopic (exact) mass is 432 g/mol. The number of nitrogens with two attached hydrogens (primary N) is 1. The Hall–Kier alpha value is -3.04. The number of halogens is 2. The van der Waals surface area contributed by atoms with E-state index in [0.717, 1.165) is 5.56 Å². The largest absolute Gasteiger partial charge is 0.442 e. The van der Waals surface area contributed by atoms with Gasteiger partial charge < -0.3 is 21.1 Å². The maximum atomic E-state index is 14.8. The molecule has 0 aromatic heterocycles. The molecular formula is C22H26F2N4O3. The summed E-state index contributed by atoms with van der Waals surface area (Å²) >= 11 is 0. The van der Waals surface area contributed by atoms with Crippen LogP contribution < -0.4 is 21.3 Å². The van der Waals surface area contributed by atoms with Crippen molar-refractivity contribution in [3.05, 3.63) is 53.8 Å². The normalized spacial score (nSPS) is 16.8. The Bertz CT molecular complexity index is 923. The lowest BCUT2D eigenvalue weighted by atomic mass is 10.0. The van der Waals surface area contributed by atoms with Gasteiger partial charge in [-0.1, -0.05) is 24.3 Å². The van der Waals surface area contributed by atoms with Gasteiger partial charge in [-0.2, -0.15) is 0 Å². The minimum absolute atomic E-state index is 0.207. The number of ether oxygens (including phenoxy) is 1. The minimum Gasteiger partial charge on any atom is -0.442 e. The van der Waals surface area contributed by atoms with Crippen molar-refractivity contribution in [1.29, 1.82) is 0 Å². The first-order valence-corrected chi connectivity index (χ1v) is 10.0. The number of carbonyl (C=O) groups is 2. The number of nitrogens with zero attached hydrogens (tertiary/aromatic N) is 1. The van der Waals surface area contributed by atoms with Crippen molar-refractivity contribution in [3.63, 3.8) is 0 Å². The Labute approximate surface area is 179 Å². The van der Waals surface area contributed by atoms with E-state index in [1.807, 2.05) is 12.1 Å². The molecule has 0 saturated carbocycles. The van der Waals surface area contributed by atoms with Gasteiger partial charge in [0, 0.05) is 31.6 Å². The van der Waals surface area contributed by atoms with E-state index in [0.29, 0.717) is 29.9 Å². The zero-order chi connectivity index (χ0) is 22.4. The average molecular weight is 432 g/mol. The summed E-state index contributed by atoms with van der Waals surface area (Å²) in [5.41, 5.74) is 7.99. The van der Waals surface area contributed by atoms with Crippen LogP contribution in [0, 0.1) is 5.82 Å². The number of rotatable bonds is 9. The molecule has 1 aliphatic rings. The lowest BCUT2D eigenvalue weighted by molar-refractivity contribution is -0.119. The van der Waals surface area contributed by atoms with Gasteiger partial charge in [0.25, 0.3) is 0 Å². The van der Waals surface area contributed by atoms with Crippen molar-refractivity contribution >= 4 is 17.7 Å². The van der Waals surface area contributed by atoms with Crippen molar-refractivity contribution in [2.75, 3.05) is 31.2 Å². The molecule has 166 valence electrons. The zero-order valence-corrected chi connectivity index (χ0v) is 17.2. The molecule has 0 spiro atoms. The van der Waals surface area contributed by atoms with Gasteiger partial charge in [0.15, 0.2) is 0 Å². The molecular weight excluding hydrogens is 406 g/mol. The predicted octanol–water partition coefficient (Wildman–Crippen LogP) is 2.34. The second-order valence-corrected chi connectivity index (χ2v) is 7.46. The molecule has 31 heavy (non-hydrogen) atoms. The smallest absolute Gasteiger partial charge is 0.414 e. The first-order chi connectivity index (χ1) is 14.9. The van der Waals surface area contributed by atoms with Crippen molar-refractivity contribution in [2.45, 2.75) is 25.6 Å². The first kappa shape index (κ1) is 22.6. The van der Waals surface area contributed by atoms with Gasteiger partial charge in [-0.15, -0.1) is 0 Å². The van der Waals surface area contributed by atoms with Crippen LogP contribution in [0.3, 0.4) is 0 Å². The number of hydrogen-bond acceptors (Lipinski definition) is 5. The van der Waals surface area contributed by atoms with E-state index >= 15 is 0 Å². The number of carbonyl (C=O) groups excluding carboxylic acids is 2. The van der Waals surface area contributed by atoms with E-state index in [1.54, 1.807) is 24.3 Å². The van der Waals surface area contributed by atoms with Crippen molar-refractivity contribution < 1.29 is 23.1 Å². The molecule has 2 aromatic rings. The molecule has 1 heterocycles. The van der Waals surface area contributed by atoms with Crippen LogP contribution in [0.25, 0.3) is 11.1 Å². The van der Waals surface area contributed by atoms with Crippen LogP contribution in [-0.4, -0.2) is 50.5 Å². The van der Waals surface area contributed by atoms with E-state index in [9.17, 15) is 18.4 Å². The van der Waals surface area contributed by atoms with Gasteiger partial charge in [-0.25, -0.2) is 13.6 Å². The molecule has 1 saturated heterocycles. The highest BCUT2D eigenvalue weighted by atomic mass is 19.1. The minimum atomic E-state index is -0.577. The summed E-state index contributed by atoms with van der Waals surface area (Å²) in [4.78, 5) is 24.5. The highest BCUT2D eigenvalue weighted by Crippen LogP contribution is 2.29. The molecule has 2 aromatic carbocycles. The molecule has 0 aliphatic carbocycles. The average Bonchev–Trinajstić information content (AvgIpc) is 3.13. The third-order valence-electron chi connectivity index (χ3n) is 4.92. The summed E-state index contributed by atoms with van der Waals surface area (Å²) in [6.45, 7) is 2.15. The van der Waals surface area contributed by atoms with Crippen LogP contribution in [-0.2, 0) is 16.1 Å². The number of nitrogens with one attached hydrogen (secondary N) is 2. The van der Waals surface area contributed by atoms with E-state index in [1.165, 1.54) is 17.9 Å². The third-order valence-corrected chi connectivity index (χ3v) is 4.92. The van der Waals surface area contributed by atoms with Crippen LogP contribution in [0.1, 0.15) is 12.5 Å². The molecule has 7 nitrogen and oxygen atoms in total. The summed E-state index contributed by atoms with van der Waals surface area (Å²) in [7, 11) is 0. The van der Waals surface area contributed by atoms with Crippen molar-refractivity contribution in [3.8, 4) is 11.1 Å². The van der Waals surface area contributed by atoms with E-state index < -0.39 is 30.7 Å². The third kappa shape index (κ3) is 5.99. The summed E-state index contributed by atoms with van der Waals surface area (Å²) in [6, 6.07) is 11.4. The van der Waals surface area contributed by atoms with Gasteiger partial charge in [0.2, 0.25) is 5.91 Å². The Morgan fingerprint density at radius 3 is 2.68 bits per heavy atom. The molecule has 9 heteroatoms. The van der Waals surface area contributed by atoms with Gasteiger partial charge in [-0.05, 0) is 29.3 Å². The maximum Gasteiger partial charge on any atom is 0.414 e. The summed E-state index contributed by atoms with van der Waals surface area (Å²) < 4.78 is 32.4. The second-order valence-electron chi connectivity index (χ2n) is 7.46. The Kier molecular flexibility index (Phi) is 7.54. The Balaban J connectivity index is 1.64. The fourth-order valence-corrected chi connectivity index (χ4v) is 3.26. The molecule has 1 aliphatic heterocycles. The quantitative estimate of drug-likeness (QED) is 0.565. The lowest BCUT2D eigenvalue weighted by Crippen LogP contribution is -2.35. The van der Waals surface area contributed by atoms with Crippen LogP contribution in [0.4, 0.5) is 19.3 Å². The number of amides is 2. The van der Waals surface area contributed by atoms with Gasteiger partial charge in [0.05, 0.1) is 18.8 Å². The first-order valence-electron chi connectivity index (χ1n) is 10.0. The molecule has 4 N–H and O–H groups in total. The van der Waals surface area contributed by atoms with Crippen LogP contribution in [0.2, 0.25) is 0 Å². The molecule has 2 amide bonds. The summed E-state index contributed by atoms with van der Waals surface area (Å²) in [5, 5.41) is 5.68. The van der Waals surface area contributed by atoms with Crippen molar-refractivity contribution in [1.82, 2.24) is 10.6 Å². The van der Waals surface area contributed by atoms with Gasteiger partial charge >= 0.3 is 6.09 Å². The predicted molar refractivity (Wildman–Crippen MR) is 114 cm³/mol. The van der Waals surface area contributed by atoms with E-state index in [4.69, 9.17) is 10.5 Å². The molecule has 1 fully saturated rings. The second kappa shape index (κ2) is 10.3.